The summed E-state index contributed by atoms with van der Waals surface area (Å²) in [6, 6.07) is 3.92. The van der Waals surface area contributed by atoms with Crippen LogP contribution in [-0.4, -0.2) is 73.7 Å². The number of benzene rings is 1. The predicted molar refractivity (Wildman–Crippen MR) is 109 cm³/mol. The summed E-state index contributed by atoms with van der Waals surface area (Å²) in [4.78, 5) is 17.0. The fourth-order valence-corrected chi connectivity index (χ4v) is 6.41. The van der Waals surface area contributed by atoms with Crippen molar-refractivity contribution < 1.29 is 17.6 Å². The van der Waals surface area contributed by atoms with Crippen LogP contribution in [0, 0.1) is 5.82 Å². The first-order valence-corrected chi connectivity index (χ1v) is 12.2. The summed E-state index contributed by atoms with van der Waals surface area (Å²) in [5, 5.41) is 0. The number of hydrogen-bond acceptors (Lipinski definition) is 4. The molecule has 1 atom stereocenters. The molecule has 3 heterocycles. The molecule has 0 radical (unpaired) electrons. The van der Waals surface area contributed by atoms with Crippen molar-refractivity contribution in [2.75, 3.05) is 39.3 Å². The van der Waals surface area contributed by atoms with Crippen molar-refractivity contribution >= 4 is 15.9 Å². The summed E-state index contributed by atoms with van der Waals surface area (Å²) in [5.41, 5.74) is 0.260. The van der Waals surface area contributed by atoms with Crippen LogP contribution in [0.2, 0.25) is 0 Å². The second-order valence-corrected chi connectivity index (χ2v) is 10.3. The molecule has 0 saturated carbocycles. The van der Waals surface area contributed by atoms with Gasteiger partial charge in [0.15, 0.2) is 0 Å². The third-order valence-corrected chi connectivity index (χ3v) is 8.33. The lowest BCUT2D eigenvalue weighted by Gasteiger charge is -2.29. The molecule has 1 amide bonds. The monoisotopic (exact) mass is 423 g/mol. The molecule has 0 N–H and O–H groups in total. The van der Waals surface area contributed by atoms with Crippen LogP contribution in [0.5, 0.6) is 0 Å². The third-order valence-electron chi connectivity index (χ3n) is 6.42. The number of nitrogens with zero attached hydrogens (tertiary/aromatic N) is 3. The lowest BCUT2D eigenvalue weighted by molar-refractivity contribution is 0.0708. The zero-order valence-electron chi connectivity index (χ0n) is 16.9. The summed E-state index contributed by atoms with van der Waals surface area (Å²) >= 11 is 0. The topological polar surface area (TPSA) is 60.9 Å². The van der Waals surface area contributed by atoms with Gasteiger partial charge in [0.2, 0.25) is 10.0 Å². The van der Waals surface area contributed by atoms with Crippen LogP contribution < -0.4 is 0 Å². The number of halogens is 1. The maximum atomic E-state index is 14.5. The van der Waals surface area contributed by atoms with E-state index in [4.69, 9.17) is 0 Å². The summed E-state index contributed by atoms with van der Waals surface area (Å²) in [7, 11) is -3.93. The quantitative estimate of drug-likeness (QED) is 0.731. The molecule has 6 nitrogen and oxygen atoms in total. The van der Waals surface area contributed by atoms with Gasteiger partial charge in [0.25, 0.3) is 5.91 Å². The van der Waals surface area contributed by atoms with Crippen molar-refractivity contribution in [3.63, 3.8) is 0 Å². The first-order chi connectivity index (χ1) is 14.0. The molecular formula is C21H30FN3O3S. The number of sulfonamides is 1. The molecular weight excluding hydrogens is 393 g/mol. The molecule has 4 rings (SSSR count). The van der Waals surface area contributed by atoms with Gasteiger partial charge in [-0.3, -0.25) is 4.79 Å². The second-order valence-electron chi connectivity index (χ2n) is 8.41. The third kappa shape index (κ3) is 4.34. The molecule has 1 aromatic carbocycles. The number of carbonyl (C=O) groups excluding carboxylic acids is 1. The number of carbonyl (C=O) groups is 1. The highest BCUT2D eigenvalue weighted by atomic mass is 32.2. The van der Waals surface area contributed by atoms with E-state index in [0.717, 1.165) is 57.8 Å². The Balaban J connectivity index is 1.55. The molecule has 160 valence electrons. The van der Waals surface area contributed by atoms with E-state index in [1.165, 1.54) is 29.3 Å². The Bertz CT molecular complexity index is 849. The molecule has 0 aromatic heterocycles. The predicted octanol–water partition coefficient (Wildman–Crippen LogP) is 2.70. The van der Waals surface area contributed by atoms with E-state index < -0.39 is 15.8 Å². The highest BCUT2D eigenvalue weighted by Gasteiger charge is 2.33. The average molecular weight is 424 g/mol. The van der Waals surface area contributed by atoms with Gasteiger partial charge in [0.1, 0.15) is 10.7 Å². The summed E-state index contributed by atoms with van der Waals surface area (Å²) in [5.74, 6) is -0.982. The fraction of sp³-hybridized carbons (Fsp3) is 0.667. The maximum absolute atomic E-state index is 14.5. The largest absolute Gasteiger partial charge is 0.334 e. The van der Waals surface area contributed by atoms with Gasteiger partial charge in [-0.2, -0.15) is 4.31 Å². The van der Waals surface area contributed by atoms with Gasteiger partial charge in [-0.05, 0) is 69.8 Å². The van der Waals surface area contributed by atoms with E-state index in [-0.39, 0.29) is 22.4 Å². The molecule has 3 aliphatic heterocycles. The Hall–Kier alpha value is -1.51. The molecule has 3 fully saturated rings. The smallest absolute Gasteiger partial charge is 0.254 e. The van der Waals surface area contributed by atoms with Crippen molar-refractivity contribution in [1.29, 1.82) is 0 Å². The van der Waals surface area contributed by atoms with E-state index in [2.05, 4.69) is 4.90 Å². The number of likely N-dealkylation sites (tertiary alicyclic amines) is 2. The Morgan fingerprint density at radius 3 is 2.38 bits per heavy atom. The van der Waals surface area contributed by atoms with Gasteiger partial charge < -0.3 is 9.80 Å². The summed E-state index contributed by atoms with van der Waals surface area (Å²) in [6.07, 6.45) is 6.87. The van der Waals surface area contributed by atoms with Gasteiger partial charge in [-0.15, -0.1) is 0 Å². The molecule has 0 aliphatic carbocycles. The number of amides is 1. The standard InChI is InChI=1S/C21H30FN3O3S/c22-19-9-8-17(15-20(19)29(27,28)24-12-2-1-3-13-24)21(26)25-14-6-7-18(25)16-23-10-4-5-11-23/h8-9,15,18H,1-7,10-14,16H2. The normalized spacial score (nSPS) is 24.3. The number of piperidine rings is 1. The fourth-order valence-electron chi connectivity index (χ4n) is 4.80. The SMILES string of the molecule is O=C(c1ccc(F)c(S(=O)(=O)N2CCCCC2)c1)N1CCCC1CN1CCCC1. The summed E-state index contributed by atoms with van der Waals surface area (Å²) in [6.45, 7) is 4.50. The minimum atomic E-state index is -3.93. The van der Waals surface area contributed by atoms with Crippen molar-refractivity contribution in [2.45, 2.75) is 55.9 Å². The van der Waals surface area contributed by atoms with E-state index in [0.29, 0.717) is 19.6 Å². The molecule has 3 saturated heterocycles. The minimum Gasteiger partial charge on any atom is -0.334 e. The Kier molecular flexibility index (Phi) is 6.22. The summed E-state index contributed by atoms with van der Waals surface area (Å²) < 4.78 is 41.7. The van der Waals surface area contributed by atoms with Crippen LogP contribution in [0.3, 0.4) is 0 Å². The van der Waals surface area contributed by atoms with Gasteiger partial charge in [-0.25, -0.2) is 12.8 Å². The molecule has 1 unspecified atom stereocenters. The van der Waals surface area contributed by atoms with Crippen LogP contribution in [0.25, 0.3) is 0 Å². The zero-order chi connectivity index (χ0) is 20.4. The average Bonchev–Trinajstić information content (AvgIpc) is 3.41. The first kappa shape index (κ1) is 20.8. The molecule has 3 aliphatic rings. The van der Waals surface area contributed by atoms with Gasteiger partial charge in [-0.1, -0.05) is 6.42 Å². The lowest BCUT2D eigenvalue weighted by Crippen LogP contribution is -2.42. The van der Waals surface area contributed by atoms with Crippen molar-refractivity contribution in [2.24, 2.45) is 0 Å². The zero-order valence-corrected chi connectivity index (χ0v) is 17.7. The molecule has 8 heteroatoms. The van der Waals surface area contributed by atoms with Gasteiger partial charge >= 0.3 is 0 Å². The van der Waals surface area contributed by atoms with Crippen LogP contribution in [0.4, 0.5) is 4.39 Å². The van der Waals surface area contributed by atoms with Crippen LogP contribution in [0.1, 0.15) is 55.3 Å². The molecule has 29 heavy (non-hydrogen) atoms. The molecule has 1 aromatic rings. The maximum Gasteiger partial charge on any atom is 0.254 e. The minimum absolute atomic E-state index is 0.146. The van der Waals surface area contributed by atoms with Gasteiger partial charge in [0.05, 0.1) is 0 Å². The Morgan fingerprint density at radius 1 is 0.966 bits per heavy atom. The second kappa shape index (κ2) is 8.70. The van der Waals surface area contributed by atoms with Crippen molar-refractivity contribution in [3.8, 4) is 0 Å². The molecule has 0 spiro atoms. The van der Waals surface area contributed by atoms with Crippen LogP contribution in [-0.2, 0) is 10.0 Å². The van der Waals surface area contributed by atoms with E-state index >= 15 is 0 Å². The van der Waals surface area contributed by atoms with Gasteiger partial charge in [0, 0.05) is 37.8 Å². The van der Waals surface area contributed by atoms with Crippen LogP contribution >= 0.6 is 0 Å². The first-order valence-electron chi connectivity index (χ1n) is 10.8. The highest BCUT2D eigenvalue weighted by molar-refractivity contribution is 7.89. The van der Waals surface area contributed by atoms with E-state index in [1.807, 2.05) is 4.90 Å². The highest BCUT2D eigenvalue weighted by Crippen LogP contribution is 2.27. The van der Waals surface area contributed by atoms with Crippen LogP contribution in [0.15, 0.2) is 23.1 Å². The Labute approximate surface area is 172 Å². The molecule has 0 bridgehead atoms. The number of hydrogen-bond donors (Lipinski definition) is 0. The Morgan fingerprint density at radius 2 is 1.66 bits per heavy atom. The lowest BCUT2D eigenvalue weighted by atomic mass is 10.1. The van der Waals surface area contributed by atoms with E-state index in [9.17, 15) is 17.6 Å². The van der Waals surface area contributed by atoms with Crippen molar-refractivity contribution in [1.82, 2.24) is 14.1 Å². The van der Waals surface area contributed by atoms with E-state index in [1.54, 1.807) is 0 Å². The number of rotatable bonds is 5. The van der Waals surface area contributed by atoms with Crippen molar-refractivity contribution in [3.05, 3.63) is 29.6 Å².